The third-order valence-corrected chi connectivity index (χ3v) is 4.30. The van der Waals surface area contributed by atoms with Gasteiger partial charge in [0.15, 0.2) is 5.78 Å². The van der Waals surface area contributed by atoms with Gasteiger partial charge in [-0.3, -0.25) is 4.79 Å². The Labute approximate surface area is 141 Å². The number of aromatic carboxylic acids is 1. The number of carboxylic acid groups (broad SMARTS) is 1. The molecule has 124 valence electrons. The van der Waals surface area contributed by atoms with Crippen molar-refractivity contribution in [2.24, 2.45) is 0 Å². The zero-order valence-corrected chi connectivity index (χ0v) is 13.5. The van der Waals surface area contributed by atoms with Crippen LogP contribution in [0.1, 0.15) is 39.9 Å². The molecule has 1 N–H and O–H groups in total. The summed E-state index contributed by atoms with van der Waals surface area (Å²) in [6, 6.07) is 12.5. The molecule has 2 aromatic carbocycles. The van der Waals surface area contributed by atoms with E-state index in [-0.39, 0.29) is 24.4 Å². The SMILES string of the molecule is O=C(COc1ccc2c(c1)CCCC2)Cc1cccc(C(=O)O)c1. The number of rotatable bonds is 6. The molecule has 4 heteroatoms. The van der Waals surface area contributed by atoms with Crippen molar-refractivity contribution in [3.8, 4) is 5.75 Å². The normalized spacial score (nSPS) is 13.2. The molecule has 3 rings (SSSR count). The summed E-state index contributed by atoms with van der Waals surface area (Å²) in [5.74, 6) is -0.340. The van der Waals surface area contributed by atoms with Gasteiger partial charge in [0.25, 0.3) is 0 Å². The highest BCUT2D eigenvalue weighted by molar-refractivity contribution is 5.88. The number of ketones is 1. The molecule has 0 heterocycles. The number of carbonyl (C=O) groups is 2. The van der Waals surface area contributed by atoms with Crippen molar-refractivity contribution in [2.75, 3.05) is 6.61 Å². The maximum Gasteiger partial charge on any atom is 0.335 e. The largest absolute Gasteiger partial charge is 0.486 e. The smallest absolute Gasteiger partial charge is 0.335 e. The van der Waals surface area contributed by atoms with Crippen molar-refractivity contribution in [2.45, 2.75) is 32.1 Å². The van der Waals surface area contributed by atoms with Gasteiger partial charge in [-0.05, 0) is 66.6 Å². The molecule has 0 atom stereocenters. The molecule has 2 aromatic rings. The molecule has 0 fully saturated rings. The van der Waals surface area contributed by atoms with Gasteiger partial charge in [-0.15, -0.1) is 0 Å². The van der Waals surface area contributed by atoms with E-state index >= 15 is 0 Å². The lowest BCUT2D eigenvalue weighted by Gasteiger charge is -2.16. The topological polar surface area (TPSA) is 63.6 Å². The Balaban J connectivity index is 1.57. The van der Waals surface area contributed by atoms with Crippen LogP contribution >= 0.6 is 0 Å². The molecular weight excluding hydrogens is 304 g/mol. The summed E-state index contributed by atoms with van der Waals surface area (Å²) in [6.07, 6.45) is 4.80. The van der Waals surface area contributed by atoms with Crippen molar-refractivity contribution in [1.82, 2.24) is 0 Å². The first kappa shape index (κ1) is 16.2. The average molecular weight is 324 g/mol. The molecule has 0 radical (unpaired) electrons. The minimum atomic E-state index is -0.991. The van der Waals surface area contributed by atoms with Crippen LogP contribution in [0.15, 0.2) is 42.5 Å². The zero-order valence-electron chi connectivity index (χ0n) is 13.5. The molecule has 0 aliphatic heterocycles. The highest BCUT2D eigenvalue weighted by atomic mass is 16.5. The lowest BCUT2D eigenvalue weighted by Crippen LogP contribution is -2.14. The monoisotopic (exact) mass is 324 g/mol. The van der Waals surface area contributed by atoms with Crippen LogP contribution in [0.3, 0.4) is 0 Å². The van der Waals surface area contributed by atoms with E-state index in [0.29, 0.717) is 5.56 Å². The fourth-order valence-corrected chi connectivity index (χ4v) is 3.06. The molecule has 0 unspecified atom stereocenters. The summed E-state index contributed by atoms with van der Waals surface area (Å²) in [5.41, 5.74) is 3.58. The van der Waals surface area contributed by atoms with Crippen LogP contribution in [-0.2, 0) is 24.1 Å². The van der Waals surface area contributed by atoms with Crippen molar-refractivity contribution in [1.29, 1.82) is 0 Å². The summed E-state index contributed by atoms with van der Waals surface area (Å²) in [4.78, 5) is 23.0. The molecule has 1 aliphatic carbocycles. The first-order chi connectivity index (χ1) is 11.6. The van der Waals surface area contributed by atoms with E-state index < -0.39 is 5.97 Å². The van der Waals surface area contributed by atoms with Crippen molar-refractivity contribution >= 4 is 11.8 Å². The number of Topliss-reactive ketones (excluding diaryl/α,β-unsaturated/α-hetero) is 1. The summed E-state index contributed by atoms with van der Waals surface area (Å²) in [7, 11) is 0. The zero-order chi connectivity index (χ0) is 16.9. The predicted octanol–water partition coefficient (Wildman–Crippen LogP) is 3.45. The number of ether oxygens (including phenoxy) is 1. The standard InChI is InChI=1S/C20H20O4/c21-18(11-14-4-3-7-17(10-14)20(22)23)13-24-19-9-8-15-5-1-2-6-16(15)12-19/h3-4,7-10,12H,1-2,5-6,11,13H2,(H,22,23). The fourth-order valence-electron chi connectivity index (χ4n) is 3.06. The predicted molar refractivity (Wildman–Crippen MR) is 90.7 cm³/mol. The molecule has 0 bridgehead atoms. The van der Waals surface area contributed by atoms with E-state index in [0.717, 1.165) is 18.6 Å². The van der Waals surface area contributed by atoms with Crippen LogP contribution in [0, 0.1) is 0 Å². The van der Waals surface area contributed by atoms with Gasteiger partial charge in [0.05, 0.1) is 5.56 Å². The third kappa shape index (κ3) is 4.02. The number of carboxylic acids is 1. The Morgan fingerprint density at radius 1 is 1.00 bits per heavy atom. The highest BCUT2D eigenvalue weighted by Crippen LogP contribution is 2.25. The van der Waals surface area contributed by atoms with Crippen LogP contribution in [0.5, 0.6) is 5.75 Å². The maximum atomic E-state index is 12.1. The van der Waals surface area contributed by atoms with Crippen LogP contribution in [-0.4, -0.2) is 23.5 Å². The Hall–Kier alpha value is -2.62. The quantitative estimate of drug-likeness (QED) is 0.884. The highest BCUT2D eigenvalue weighted by Gasteiger charge is 2.11. The second-order valence-corrected chi connectivity index (χ2v) is 6.15. The summed E-state index contributed by atoms with van der Waals surface area (Å²) < 4.78 is 5.62. The molecule has 0 spiro atoms. The molecule has 4 nitrogen and oxygen atoms in total. The van der Waals surface area contributed by atoms with Crippen LogP contribution in [0.2, 0.25) is 0 Å². The lowest BCUT2D eigenvalue weighted by molar-refractivity contribution is -0.120. The van der Waals surface area contributed by atoms with E-state index in [1.165, 1.54) is 36.1 Å². The van der Waals surface area contributed by atoms with E-state index in [4.69, 9.17) is 9.84 Å². The van der Waals surface area contributed by atoms with Gasteiger partial charge in [0.2, 0.25) is 0 Å². The Morgan fingerprint density at radius 2 is 1.79 bits per heavy atom. The number of aryl methyl sites for hydroxylation is 2. The third-order valence-electron chi connectivity index (χ3n) is 4.30. The number of fused-ring (bicyclic) bond motifs is 1. The Bertz CT molecular complexity index is 764. The van der Waals surface area contributed by atoms with Gasteiger partial charge >= 0.3 is 5.97 Å². The van der Waals surface area contributed by atoms with Gasteiger partial charge in [-0.2, -0.15) is 0 Å². The van der Waals surface area contributed by atoms with Crippen LogP contribution in [0.4, 0.5) is 0 Å². The van der Waals surface area contributed by atoms with E-state index in [1.54, 1.807) is 12.1 Å². The minimum Gasteiger partial charge on any atom is -0.486 e. The maximum absolute atomic E-state index is 12.1. The summed E-state index contributed by atoms with van der Waals surface area (Å²) in [5, 5.41) is 8.98. The second kappa shape index (κ2) is 7.30. The first-order valence-electron chi connectivity index (χ1n) is 8.20. The average Bonchev–Trinajstić information content (AvgIpc) is 2.60. The lowest BCUT2D eigenvalue weighted by atomic mass is 9.92. The molecule has 0 amide bonds. The van der Waals surface area contributed by atoms with Gasteiger partial charge in [0, 0.05) is 6.42 Å². The first-order valence-corrected chi connectivity index (χ1v) is 8.20. The van der Waals surface area contributed by atoms with Crippen molar-refractivity contribution in [3.05, 3.63) is 64.7 Å². The molecule has 24 heavy (non-hydrogen) atoms. The molecule has 0 saturated heterocycles. The van der Waals surface area contributed by atoms with Gasteiger partial charge in [-0.25, -0.2) is 4.79 Å². The van der Waals surface area contributed by atoms with Crippen molar-refractivity contribution in [3.63, 3.8) is 0 Å². The molecular formula is C20H20O4. The Morgan fingerprint density at radius 3 is 2.58 bits per heavy atom. The number of hydrogen-bond acceptors (Lipinski definition) is 3. The van der Waals surface area contributed by atoms with Gasteiger partial charge in [0.1, 0.15) is 12.4 Å². The van der Waals surface area contributed by atoms with Gasteiger partial charge in [-0.1, -0.05) is 18.2 Å². The van der Waals surface area contributed by atoms with Gasteiger partial charge < -0.3 is 9.84 Å². The van der Waals surface area contributed by atoms with E-state index in [2.05, 4.69) is 6.07 Å². The number of carbonyl (C=O) groups excluding carboxylic acids is 1. The summed E-state index contributed by atoms with van der Waals surface area (Å²) >= 11 is 0. The second-order valence-electron chi connectivity index (χ2n) is 6.15. The molecule has 0 saturated carbocycles. The number of hydrogen-bond donors (Lipinski definition) is 1. The minimum absolute atomic E-state index is 0.00388. The van der Waals surface area contributed by atoms with Crippen LogP contribution < -0.4 is 4.74 Å². The molecule has 0 aromatic heterocycles. The van der Waals surface area contributed by atoms with E-state index in [9.17, 15) is 9.59 Å². The van der Waals surface area contributed by atoms with Crippen molar-refractivity contribution < 1.29 is 19.4 Å². The van der Waals surface area contributed by atoms with E-state index in [1.807, 2.05) is 12.1 Å². The fraction of sp³-hybridized carbons (Fsp3) is 0.300. The van der Waals surface area contributed by atoms with Crippen LogP contribution in [0.25, 0.3) is 0 Å². The summed E-state index contributed by atoms with van der Waals surface area (Å²) in [6.45, 7) is -0.00388. The molecule has 1 aliphatic rings. The Kier molecular flexibility index (Phi) is 4.94. The number of benzene rings is 2.